The normalized spacial score (nSPS) is 11.2. The zero-order valence-corrected chi connectivity index (χ0v) is 15.0. The van der Waals surface area contributed by atoms with Gasteiger partial charge in [0.05, 0.1) is 15.1 Å². The van der Waals surface area contributed by atoms with Crippen LogP contribution in [0.1, 0.15) is 54.8 Å². The molecule has 2 aromatic rings. The second-order valence-electron chi connectivity index (χ2n) is 4.68. The van der Waals surface area contributed by atoms with Crippen LogP contribution in [0.4, 0.5) is 0 Å². The van der Waals surface area contributed by atoms with Crippen LogP contribution in [-0.2, 0) is 11.2 Å². The second kappa shape index (κ2) is 7.57. The third kappa shape index (κ3) is 3.62. The quantitative estimate of drug-likeness (QED) is 0.437. The summed E-state index contributed by atoms with van der Waals surface area (Å²) in [6.07, 6.45) is 5.83. The van der Waals surface area contributed by atoms with Crippen LogP contribution in [0.25, 0.3) is 9.40 Å². The van der Waals surface area contributed by atoms with Crippen molar-refractivity contribution in [1.82, 2.24) is 0 Å². The lowest BCUT2D eigenvalue weighted by atomic mass is 10.1. The third-order valence-electron chi connectivity index (χ3n) is 3.17. The van der Waals surface area contributed by atoms with Gasteiger partial charge in [-0.2, -0.15) is 0 Å². The van der Waals surface area contributed by atoms with E-state index in [9.17, 15) is 4.79 Å². The summed E-state index contributed by atoms with van der Waals surface area (Å²) >= 11 is 6.81. The molecular formula is C15H19BrO2S2. The first-order chi connectivity index (χ1) is 9.67. The Hall–Kier alpha value is -0.390. The molecule has 0 aliphatic rings. The number of hydrogen-bond donors (Lipinski definition) is 0. The summed E-state index contributed by atoms with van der Waals surface area (Å²) in [5.74, 6) is -0.164. The van der Waals surface area contributed by atoms with E-state index < -0.39 is 0 Å². The fourth-order valence-electron chi connectivity index (χ4n) is 2.22. The molecule has 2 nitrogen and oxygen atoms in total. The maximum absolute atomic E-state index is 12.1. The van der Waals surface area contributed by atoms with E-state index in [0.29, 0.717) is 6.61 Å². The lowest BCUT2D eigenvalue weighted by Gasteiger charge is -2.04. The average Bonchev–Trinajstić information content (AvgIpc) is 2.92. The fraction of sp³-hybridized carbons (Fsp3) is 0.533. The Balaban J connectivity index is 2.25. The van der Waals surface area contributed by atoms with Crippen LogP contribution in [0.2, 0.25) is 0 Å². The number of halogens is 1. The lowest BCUT2D eigenvalue weighted by Crippen LogP contribution is -2.05. The summed E-state index contributed by atoms with van der Waals surface area (Å²) in [4.78, 5) is 12.9. The highest BCUT2D eigenvalue weighted by molar-refractivity contribution is 9.11. The van der Waals surface area contributed by atoms with E-state index in [1.54, 1.807) is 22.7 Å². The van der Waals surface area contributed by atoms with Gasteiger partial charge in [0, 0.05) is 4.70 Å². The van der Waals surface area contributed by atoms with Crippen molar-refractivity contribution in [1.29, 1.82) is 0 Å². The van der Waals surface area contributed by atoms with Gasteiger partial charge in [0.1, 0.15) is 4.88 Å². The Morgan fingerprint density at radius 2 is 2.05 bits per heavy atom. The van der Waals surface area contributed by atoms with Gasteiger partial charge in [-0.25, -0.2) is 4.79 Å². The number of rotatable bonds is 7. The van der Waals surface area contributed by atoms with Crippen LogP contribution < -0.4 is 0 Å². The molecule has 2 aromatic heterocycles. The zero-order chi connectivity index (χ0) is 14.5. The van der Waals surface area contributed by atoms with Crippen LogP contribution in [-0.4, -0.2) is 12.6 Å². The molecule has 110 valence electrons. The van der Waals surface area contributed by atoms with E-state index in [2.05, 4.69) is 28.9 Å². The minimum Gasteiger partial charge on any atom is -0.462 e. The monoisotopic (exact) mass is 374 g/mol. The highest BCUT2D eigenvalue weighted by Gasteiger charge is 2.20. The van der Waals surface area contributed by atoms with E-state index in [-0.39, 0.29) is 5.97 Å². The van der Waals surface area contributed by atoms with Crippen LogP contribution in [0, 0.1) is 0 Å². The number of ether oxygens (including phenoxy) is 1. The SMILES string of the molecule is CCCCCCc1c(C(=O)OCC)sc2cc(Br)sc12. The summed E-state index contributed by atoms with van der Waals surface area (Å²) in [6, 6.07) is 2.10. The van der Waals surface area contributed by atoms with Crippen molar-refractivity contribution >= 4 is 54.0 Å². The minimum absolute atomic E-state index is 0.164. The number of fused-ring (bicyclic) bond motifs is 1. The van der Waals surface area contributed by atoms with Gasteiger partial charge < -0.3 is 4.74 Å². The van der Waals surface area contributed by atoms with Crippen molar-refractivity contribution in [2.45, 2.75) is 46.0 Å². The molecule has 0 atom stereocenters. The smallest absolute Gasteiger partial charge is 0.348 e. The lowest BCUT2D eigenvalue weighted by molar-refractivity contribution is 0.0531. The molecule has 5 heteroatoms. The number of aryl methyl sites for hydroxylation is 1. The Labute approximate surface area is 136 Å². The predicted octanol–water partition coefficient (Wildman–Crippen LogP) is 6.02. The maximum atomic E-state index is 12.1. The van der Waals surface area contributed by atoms with E-state index in [1.807, 2.05) is 6.92 Å². The Morgan fingerprint density at radius 3 is 2.75 bits per heavy atom. The van der Waals surface area contributed by atoms with Crippen LogP contribution in [0.15, 0.2) is 9.85 Å². The molecule has 2 heterocycles. The molecule has 0 amide bonds. The summed E-state index contributed by atoms with van der Waals surface area (Å²) in [5, 5.41) is 0. The minimum atomic E-state index is -0.164. The first-order valence-electron chi connectivity index (χ1n) is 7.05. The topological polar surface area (TPSA) is 26.3 Å². The average molecular weight is 375 g/mol. The highest BCUT2D eigenvalue weighted by atomic mass is 79.9. The number of hydrogen-bond acceptors (Lipinski definition) is 4. The molecule has 0 spiro atoms. The van der Waals surface area contributed by atoms with Crippen LogP contribution in [0.3, 0.4) is 0 Å². The standard InChI is InChI=1S/C15H19BrO2S2/c1-3-5-6-7-8-10-13-11(9-12(16)20-13)19-14(10)15(17)18-4-2/h9H,3-8H2,1-2H3. The fourth-order valence-corrected chi connectivity index (χ4v) is 5.42. The first-order valence-corrected chi connectivity index (χ1v) is 9.47. The van der Waals surface area contributed by atoms with Crippen molar-refractivity contribution in [2.75, 3.05) is 6.61 Å². The number of esters is 1. The van der Waals surface area contributed by atoms with Crippen LogP contribution >= 0.6 is 38.6 Å². The molecule has 0 radical (unpaired) electrons. The molecule has 2 rings (SSSR count). The summed E-state index contributed by atoms with van der Waals surface area (Å²) in [6.45, 7) is 4.50. The number of carbonyl (C=O) groups excluding carboxylic acids is 1. The molecule has 0 aromatic carbocycles. The van der Waals surface area contributed by atoms with Gasteiger partial charge in [-0.15, -0.1) is 22.7 Å². The predicted molar refractivity (Wildman–Crippen MR) is 91.2 cm³/mol. The molecule has 20 heavy (non-hydrogen) atoms. The van der Waals surface area contributed by atoms with Gasteiger partial charge in [0.2, 0.25) is 0 Å². The molecule has 0 unspecified atom stereocenters. The Kier molecular flexibility index (Phi) is 6.05. The molecule has 0 fully saturated rings. The number of unbranched alkanes of at least 4 members (excludes halogenated alkanes) is 3. The van der Waals surface area contributed by atoms with E-state index in [1.165, 1.54) is 34.2 Å². The van der Waals surface area contributed by atoms with Gasteiger partial charge in [-0.05, 0) is 47.3 Å². The highest BCUT2D eigenvalue weighted by Crippen LogP contribution is 2.40. The van der Waals surface area contributed by atoms with Gasteiger partial charge in [0.25, 0.3) is 0 Å². The van der Waals surface area contributed by atoms with Gasteiger partial charge in [-0.1, -0.05) is 26.2 Å². The Bertz CT molecular complexity index is 586. The Morgan fingerprint density at radius 1 is 1.25 bits per heavy atom. The largest absolute Gasteiger partial charge is 0.462 e. The number of carbonyl (C=O) groups is 1. The molecule has 0 N–H and O–H groups in total. The molecule has 0 aliphatic carbocycles. The van der Waals surface area contributed by atoms with Gasteiger partial charge in [0.15, 0.2) is 0 Å². The molecule has 0 aliphatic heterocycles. The maximum Gasteiger partial charge on any atom is 0.348 e. The van der Waals surface area contributed by atoms with Crippen molar-refractivity contribution in [3.8, 4) is 0 Å². The summed E-state index contributed by atoms with van der Waals surface area (Å²) in [7, 11) is 0. The van der Waals surface area contributed by atoms with Crippen molar-refractivity contribution in [3.63, 3.8) is 0 Å². The summed E-state index contributed by atoms with van der Waals surface area (Å²) in [5.41, 5.74) is 1.19. The van der Waals surface area contributed by atoms with E-state index in [0.717, 1.165) is 21.5 Å². The first kappa shape index (κ1) is 16.0. The van der Waals surface area contributed by atoms with Crippen molar-refractivity contribution < 1.29 is 9.53 Å². The number of thiophene rings is 2. The second-order valence-corrected chi connectivity index (χ2v) is 8.17. The zero-order valence-electron chi connectivity index (χ0n) is 11.8. The van der Waals surface area contributed by atoms with Gasteiger partial charge >= 0.3 is 5.97 Å². The summed E-state index contributed by atoms with van der Waals surface area (Å²) < 4.78 is 8.76. The van der Waals surface area contributed by atoms with Crippen molar-refractivity contribution in [3.05, 3.63) is 20.3 Å². The van der Waals surface area contributed by atoms with Crippen LogP contribution in [0.5, 0.6) is 0 Å². The van der Waals surface area contributed by atoms with E-state index in [4.69, 9.17) is 4.74 Å². The van der Waals surface area contributed by atoms with Gasteiger partial charge in [-0.3, -0.25) is 0 Å². The third-order valence-corrected chi connectivity index (χ3v) is 6.16. The molecule has 0 saturated heterocycles. The molecular weight excluding hydrogens is 356 g/mol. The molecule has 0 bridgehead atoms. The molecule has 0 saturated carbocycles. The van der Waals surface area contributed by atoms with Crippen molar-refractivity contribution in [2.24, 2.45) is 0 Å². The van der Waals surface area contributed by atoms with E-state index >= 15 is 0 Å².